The summed E-state index contributed by atoms with van der Waals surface area (Å²) in [5.74, 6) is 2.86. The average Bonchev–Trinajstić information content (AvgIpc) is 3.35. The van der Waals surface area contributed by atoms with Crippen molar-refractivity contribution >= 4 is 40.3 Å². The van der Waals surface area contributed by atoms with E-state index in [-0.39, 0.29) is 12.1 Å². The molecule has 206 valence electrons. The zero-order chi connectivity index (χ0) is 27.1. The van der Waals surface area contributed by atoms with E-state index >= 15 is 0 Å². The molecule has 0 radical (unpaired) electrons. The molecule has 1 fully saturated rings. The number of nitrogens with zero attached hydrogens (tertiary/aromatic N) is 8. The summed E-state index contributed by atoms with van der Waals surface area (Å²) in [5.41, 5.74) is 1.02. The minimum absolute atomic E-state index is 0.0613. The Morgan fingerprint density at radius 1 is 1.13 bits per heavy atom. The van der Waals surface area contributed by atoms with Crippen LogP contribution in [0.2, 0.25) is 0 Å². The van der Waals surface area contributed by atoms with Crippen LogP contribution in [-0.2, 0) is 4.74 Å². The molecule has 4 heterocycles. The summed E-state index contributed by atoms with van der Waals surface area (Å²) in [7, 11) is 3.64. The highest BCUT2D eigenvalue weighted by Gasteiger charge is 2.23. The van der Waals surface area contributed by atoms with Gasteiger partial charge in [-0.3, -0.25) is 4.68 Å². The Kier molecular flexibility index (Phi) is 9.16. The number of fused-ring (bicyclic) bond motifs is 1. The number of unbranched alkanes of at least 4 members (excludes halogenated alkanes) is 1. The van der Waals surface area contributed by atoms with Gasteiger partial charge in [0.2, 0.25) is 5.95 Å². The van der Waals surface area contributed by atoms with Crippen LogP contribution >= 0.6 is 0 Å². The van der Waals surface area contributed by atoms with Gasteiger partial charge in [-0.25, -0.2) is 9.78 Å². The number of pyridine rings is 1. The number of carbonyl (C=O) groups excluding carboxylic acids is 1. The molecule has 2 N–H and O–H groups in total. The van der Waals surface area contributed by atoms with Crippen molar-refractivity contribution in [2.45, 2.75) is 39.7 Å². The number of carbonyl (C=O) groups is 1. The fourth-order valence-electron chi connectivity index (χ4n) is 4.38. The number of piperazine rings is 1. The zero-order valence-corrected chi connectivity index (χ0v) is 23.1. The number of hydrogen-bond donors (Lipinski definition) is 2. The van der Waals surface area contributed by atoms with Crippen LogP contribution in [0.15, 0.2) is 24.5 Å². The first-order valence-electron chi connectivity index (χ1n) is 13.4. The van der Waals surface area contributed by atoms with Crippen LogP contribution in [0.25, 0.3) is 10.9 Å². The number of amides is 2. The summed E-state index contributed by atoms with van der Waals surface area (Å²) in [6, 6.07) is 4.14. The lowest BCUT2D eigenvalue weighted by Crippen LogP contribution is -2.52. The van der Waals surface area contributed by atoms with E-state index in [1.54, 1.807) is 7.11 Å². The van der Waals surface area contributed by atoms with E-state index in [0.717, 1.165) is 36.1 Å². The highest BCUT2D eigenvalue weighted by molar-refractivity contribution is 5.81. The van der Waals surface area contributed by atoms with Crippen LogP contribution in [0.4, 0.5) is 28.2 Å². The topological polar surface area (TPSA) is 117 Å². The summed E-state index contributed by atoms with van der Waals surface area (Å²) < 4.78 is 7.01. The van der Waals surface area contributed by atoms with Gasteiger partial charge >= 0.3 is 6.03 Å². The van der Waals surface area contributed by atoms with Crippen LogP contribution in [0, 0.1) is 0 Å². The number of nitrogens with one attached hydrogen (secondary N) is 2. The molecule has 38 heavy (non-hydrogen) atoms. The van der Waals surface area contributed by atoms with E-state index < -0.39 is 0 Å². The summed E-state index contributed by atoms with van der Waals surface area (Å²) >= 11 is 0. The number of methoxy groups -OCH3 is 1. The van der Waals surface area contributed by atoms with E-state index in [1.807, 2.05) is 41.2 Å². The molecule has 1 aliphatic heterocycles. The van der Waals surface area contributed by atoms with Gasteiger partial charge in [0.05, 0.1) is 18.3 Å². The predicted octanol–water partition coefficient (Wildman–Crippen LogP) is 3.26. The van der Waals surface area contributed by atoms with Gasteiger partial charge in [-0.15, -0.1) is 0 Å². The molecular formula is C26H40N10O2. The molecule has 0 bridgehead atoms. The van der Waals surface area contributed by atoms with Gasteiger partial charge in [-0.2, -0.15) is 15.1 Å². The van der Waals surface area contributed by atoms with Gasteiger partial charge in [-0.05, 0) is 20.3 Å². The predicted molar refractivity (Wildman–Crippen MR) is 150 cm³/mol. The fourth-order valence-corrected chi connectivity index (χ4v) is 4.38. The van der Waals surface area contributed by atoms with E-state index in [4.69, 9.17) is 14.7 Å². The maximum absolute atomic E-state index is 12.4. The SMILES string of the molecule is CCCCN(C)c1nc(Nc2cc3c(cn2)cnn3C(C)C)cc(N2CCN(C(=O)NCCOC)CC2)n1. The molecule has 3 aromatic rings. The van der Waals surface area contributed by atoms with Crippen molar-refractivity contribution in [3.05, 3.63) is 24.5 Å². The lowest BCUT2D eigenvalue weighted by Gasteiger charge is -2.35. The second kappa shape index (κ2) is 12.7. The highest BCUT2D eigenvalue weighted by Crippen LogP contribution is 2.26. The summed E-state index contributed by atoms with van der Waals surface area (Å²) in [6.45, 7) is 10.9. The van der Waals surface area contributed by atoms with Gasteiger partial charge in [0.15, 0.2) is 0 Å². The van der Waals surface area contributed by atoms with Gasteiger partial charge in [0, 0.05) is 83.2 Å². The molecule has 0 spiro atoms. The Morgan fingerprint density at radius 3 is 2.63 bits per heavy atom. The van der Waals surface area contributed by atoms with Crippen LogP contribution in [0.1, 0.15) is 39.7 Å². The molecule has 0 aliphatic carbocycles. The number of hydrogen-bond acceptors (Lipinski definition) is 9. The molecule has 2 amide bonds. The fraction of sp³-hybridized carbons (Fsp3) is 0.577. The van der Waals surface area contributed by atoms with E-state index in [2.05, 4.69) is 51.3 Å². The minimum atomic E-state index is -0.0613. The van der Waals surface area contributed by atoms with Gasteiger partial charge < -0.3 is 30.1 Å². The summed E-state index contributed by atoms with van der Waals surface area (Å²) in [5, 5.41) is 11.8. The molecular weight excluding hydrogens is 484 g/mol. The van der Waals surface area contributed by atoms with Crippen LogP contribution in [-0.4, -0.2) is 95.7 Å². The monoisotopic (exact) mass is 524 g/mol. The second-order valence-corrected chi connectivity index (χ2v) is 9.82. The van der Waals surface area contributed by atoms with Gasteiger partial charge in [0.25, 0.3) is 0 Å². The van der Waals surface area contributed by atoms with Crippen molar-refractivity contribution in [1.82, 2.24) is 34.9 Å². The number of ether oxygens (including phenoxy) is 1. The third kappa shape index (κ3) is 6.60. The Bertz CT molecular complexity index is 1210. The first-order valence-corrected chi connectivity index (χ1v) is 13.4. The Morgan fingerprint density at radius 2 is 1.92 bits per heavy atom. The van der Waals surface area contributed by atoms with Gasteiger partial charge in [0.1, 0.15) is 17.5 Å². The standard InChI is InChI=1S/C26H40N10O2/c1-6-7-9-33(4)25-31-23(30-22-15-21-20(17-28-22)18-29-36(21)19(2)3)16-24(32-25)34-10-12-35(13-11-34)26(37)27-8-14-38-5/h15-19H,6-14H2,1-5H3,(H,27,37)(H,28,30,31,32). The van der Waals surface area contributed by atoms with Crippen molar-refractivity contribution in [2.75, 3.05) is 75.1 Å². The average molecular weight is 525 g/mol. The zero-order valence-electron chi connectivity index (χ0n) is 23.1. The highest BCUT2D eigenvalue weighted by atomic mass is 16.5. The van der Waals surface area contributed by atoms with E-state index in [1.165, 1.54) is 0 Å². The Labute approximate surface area is 224 Å². The molecule has 3 aromatic heterocycles. The number of anilines is 4. The lowest BCUT2D eigenvalue weighted by atomic mass is 10.3. The smallest absolute Gasteiger partial charge is 0.317 e. The van der Waals surface area contributed by atoms with Crippen molar-refractivity contribution in [2.24, 2.45) is 0 Å². The molecule has 1 saturated heterocycles. The third-order valence-electron chi connectivity index (χ3n) is 6.59. The first-order chi connectivity index (χ1) is 18.4. The van der Waals surface area contributed by atoms with Gasteiger partial charge in [-0.1, -0.05) is 13.3 Å². The lowest BCUT2D eigenvalue weighted by molar-refractivity contribution is 0.177. The number of rotatable bonds is 11. The van der Waals surface area contributed by atoms with E-state index in [9.17, 15) is 4.79 Å². The molecule has 0 aromatic carbocycles. The number of aromatic nitrogens is 5. The van der Waals surface area contributed by atoms with Crippen molar-refractivity contribution in [3.8, 4) is 0 Å². The van der Waals surface area contributed by atoms with Crippen LogP contribution in [0.5, 0.6) is 0 Å². The molecule has 0 saturated carbocycles. The van der Waals surface area contributed by atoms with Crippen molar-refractivity contribution in [3.63, 3.8) is 0 Å². The molecule has 12 heteroatoms. The van der Waals surface area contributed by atoms with Crippen molar-refractivity contribution < 1.29 is 9.53 Å². The summed E-state index contributed by atoms with van der Waals surface area (Å²) in [6.07, 6.45) is 5.82. The normalized spacial score (nSPS) is 13.8. The largest absolute Gasteiger partial charge is 0.383 e. The number of urea groups is 1. The first kappa shape index (κ1) is 27.4. The third-order valence-corrected chi connectivity index (χ3v) is 6.59. The quantitative estimate of drug-likeness (QED) is 0.365. The Balaban J connectivity index is 1.54. The minimum Gasteiger partial charge on any atom is -0.383 e. The molecule has 4 rings (SSSR count). The molecule has 12 nitrogen and oxygen atoms in total. The Hall–Kier alpha value is -3.67. The van der Waals surface area contributed by atoms with Crippen molar-refractivity contribution in [1.29, 1.82) is 0 Å². The molecule has 0 unspecified atom stereocenters. The van der Waals surface area contributed by atoms with Crippen LogP contribution in [0.3, 0.4) is 0 Å². The van der Waals surface area contributed by atoms with E-state index in [0.29, 0.717) is 56.9 Å². The molecule has 1 aliphatic rings. The second-order valence-electron chi connectivity index (χ2n) is 9.82. The van der Waals surface area contributed by atoms with Crippen LogP contribution < -0.4 is 20.4 Å². The maximum atomic E-state index is 12.4. The summed E-state index contributed by atoms with van der Waals surface area (Å²) in [4.78, 5) is 32.9. The molecule has 0 atom stereocenters. The maximum Gasteiger partial charge on any atom is 0.317 e.